The van der Waals surface area contributed by atoms with Crippen LogP contribution >= 0.6 is 15.9 Å². The van der Waals surface area contributed by atoms with Crippen molar-refractivity contribution in [2.75, 3.05) is 19.4 Å². The molecule has 29 heavy (non-hydrogen) atoms. The fraction of sp³-hybridized carbons (Fsp3) is 0.150. The molecule has 1 atom stereocenters. The molecular weight excluding hydrogens is 441 g/mol. The first-order chi connectivity index (χ1) is 13.9. The van der Waals surface area contributed by atoms with Gasteiger partial charge in [0.1, 0.15) is 29.5 Å². The van der Waals surface area contributed by atoms with Crippen molar-refractivity contribution in [2.24, 2.45) is 0 Å². The quantitative estimate of drug-likeness (QED) is 0.499. The maximum absolute atomic E-state index is 14.8. The second-order valence-corrected chi connectivity index (χ2v) is 7.81. The Hall–Kier alpha value is -3.20. The number of nitrogens with two attached hydrogens (primary N) is 1. The number of hydrogen-bond acceptors (Lipinski definition) is 5. The lowest BCUT2D eigenvalue weighted by atomic mass is 10.1. The summed E-state index contributed by atoms with van der Waals surface area (Å²) in [6.07, 6.45) is 3.13. The summed E-state index contributed by atoms with van der Waals surface area (Å²) in [5.74, 6) is -0.145. The van der Waals surface area contributed by atoms with Crippen LogP contribution in [0.15, 0.2) is 47.3 Å². The highest BCUT2D eigenvalue weighted by molar-refractivity contribution is 9.10. The lowest BCUT2D eigenvalue weighted by Gasteiger charge is -2.24. The van der Waals surface area contributed by atoms with Gasteiger partial charge in [-0.25, -0.2) is 14.4 Å². The van der Waals surface area contributed by atoms with Crippen LogP contribution in [0.5, 0.6) is 5.75 Å². The summed E-state index contributed by atoms with van der Waals surface area (Å²) in [6, 6.07) is 8.06. The number of halogens is 2. The maximum Gasteiger partial charge on any atom is 0.257 e. The van der Waals surface area contributed by atoms with E-state index in [-0.39, 0.29) is 17.4 Å². The highest BCUT2D eigenvalue weighted by Gasteiger charge is 2.32. The number of benzene rings is 2. The first-order valence-corrected chi connectivity index (χ1v) is 9.63. The first-order valence-electron chi connectivity index (χ1n) is 8.84. The van der Waals surface area contributed by atoms with Crippen LogP contribution in [0.1, 0.15) is 22.0 Å². The molecule has 7 nitrogen and oxygen atoms in total. The molecule has 9 heteroatoms. The molecule has 2 aromatic carbocycles. The predicted octanol–water partition coefficient (Wildman–Crippen LogP) is 3.57. The van der Waals surface area contributed by atoms with Gasteiger partial charge in [0.25, 0.3) is 5.91 Å². The van der Waals surface area contributed by atoms with Gasteiger partial charge < -0.3 is 15.4 Å². The van der Waals surface area contributed by atoms with Crippen LogP contribution < -0.4 is 10.5 Å². The second-order valence-electron chi connectivity index (χ2n) is 6.89. The summed E-state index contributed by atoms with van der Waals surface area (Å²) < 4.78 is 23.1. The van der Waals surface area contributed by atoms with Crippen molar-refractivity contribution in [2.45, 2.75) is 6.04 Å². The summed E-state index contributed by atoms with van der Waals surface area (Å²) in [4.78, 5) is 23.0. The molecule has 0 saturated heterocycles. The number of nitrogen functional groups attached to an aromatic ring is 1. The zero-order chi connectivity index (χ0) is 20.3. The minimum absolute atomic E-state index is 0.0490. The van der Waals surface area contributed by atoms with E-state index in [0.717, 1.165) is 10.0 Å². The molecule has 3 heterocycles. The fourth-order valence-corrected chi connectivity index (χ4v) is 4.02. The third-order valence-corrected chi connectivity index (χ3v) is 5.71. The Labute approximate surface area is 173 Å². The van der Waals surface area contributed by atoms with Gasteiger partial charge >= 0.3 is 0 Å². The van der Waals surface area contributed by atoms with Crippen molar-refractivity contribution < 1.29 is 13.9 Å². The summed E-state index contributed by atoms with van der Waals surface area (Å²) in [5, 5.41) is 0. The van der Waals surface area contributed by atoms with Gasteiger partial charge in [-0.15, -0.1) is 0 Å². The Balaban J connectivity index is 1.58. The van der Waals surface area contributed by atoms with Gasteiger partial charge in [-0.1, -0.05) is 22.0 Å². The first kappa shape index (κ1) is 17.9. The van der Waals surface area contributed by atoms with Crippen LogP contribution in [-0.4, -0.2) is 38.8 Å². The van der Waals surface area contributed by atoms with Gasteiger partial charge in [0.2, 0.25) is 0 Å². The Morgan fingerprint density at radius 3 is 3.00 bits per heavy atom. The van der Waals surface area contributed by atoms with Crippen molar-refractivity contribution in [1.29, 1.82) is 0 Å². The third-order valence-electron chi connectivity index (χ3n) is 5.22. The molecule has 0 radical (unpaired) electrons. The van der Waals surface area contributed by atoms with E-state index in [4.69, 9.17) is 10.5 Å². The Kier molecular flexibility index (Phi) is 3.95. The van der Waals surface area contributed by atoms with Crippen LogP contribution in [0.25, 0.3) is 16.6 Å². The standard InChI is InChI=1S/C20H15BrFN5O2/c1-26(17-8-29-18-4-10(21)2-3-11(17)18)20(28)12-5-15-14(6-13(12)22)25-19(23)16-7-24-9-27(15)16/h2-7,9,17H,8H2,1H3,(H2,23,25)/t17-/m1/s1. The van der Waals surface area contributed by atoms with E-state index in [1.807, 2.05) is 18.2 Å². The van der Waals surface area contributed by atoms with Crippen LogP contribution in [0.2, 0.25) is 0 Å². The molecule has 0 unspecified atom stereocenters. The molecule has 1 amide bonds. The van der Waals surface area contributed by atoms with Crippen LogP contribution in [0, 0.1) is 5.82 Å². The van der Waals surface area contributed by atoms with E-state index in [0.29, 0.717) is 28.9 Å². The summed E-state index contributed by atoms with van der Waals surface area (Å²) in [6.45, 7) is 0.313. The number of nitrogens with zero attached hydrogens (tertiary/aromatic N) is 4. The van der Waals surface area contributed by atoms with Gasteiger partial charge in [0, 0.05) is 23.2 Å². The Morgan fingerprint density at radius 2 is 2.17 bits per heavy atom. The monoisotopic (exact) mass is 455 g/mol. The van der Waals surface area contributed by atoms with Gasteiger partial charge in [0.05, 0.1) is 35.2 Å². The lowest BCUT2D eigenvalue weighted by Crippen LogP contribution is -2.32. The lowest BCUT2D eigenvalue weighted by molar-refractivity contribution is 0.0704. The van der Waals surface area contributed by atoms with E-state index >= 15 is 0 Å². The van der Waals surface area contributed by atoms with Gasteiger partial charge in [-0.3, -0.25) is 9.20 Å². The minimum atomic E-state index is -0.657. The average Bonchev–Trinajstić information content (AvgIpc) is 3.34. The van der Waals surface area contributed by atoms with E-state index in [2.05, 4.69) is 25.9 Å². The van der Waals surface area contributed by atoms with Crippen LogP contribution in [0.4, 0.5) is 10.2 Å². The summed E-state index contributed by atoms with van der Waals surface area (Å²) in [5.41, 5.74) is 8.25. The average molecular weight is 456 g/mol. The molecule has 5 rings (SSSR count). The van der Waals surface area contributed by atoms with Crippen LogP contribution in [-0.2, 0) is 0 Å². The SMILES string of the molecule is CN(C(=O)c1cc2c(cc1F)nc(N)c1cncn12)[C@@H]1COc2cc(Br)ccc21. The molecule has 0 fully saturated rings. The minimum Gasteiger partial charge on any atom is -0.491 e. The molecule has 4 aromatic rings. The van der Waals surface area contributed by atoms with Gasteiger partial charge in [-0.2, -0.15) is 0 Å². The van der Waals surface area contributed by atoms with E-state index in [9.17, 15) is 9.18 Å². The van der Waals surface area contributed by atoms with E-state index in [1.165, 1.54) is 17.0 Å². The number of fused-ring (bicyclic) bond motifs is 4. The Bertz CT molecular complexity index is 1310. The molecule has 1 aliphatic rings. The number of likely N-dealkylation sites (N-methyl/N-ethyl adjacent to an activating group) is 1. The van der Waals surface area contributed by atoms with Crippen molar-refractivity contribution >= 4 is 44.2 Å². The molecule has 2 N–H and O–H groups in total. The topological polar surface area (TPSA) is 85.8 Å². The van der Waals surface area contributed by atoms with E-state index < -0.39 is 11.7 Å². The molecule has 0 aliphatic carbocycles. The van der Waals surface area contributed by atoms with Crippen molar-refractivity contribution in [3.63, 3.8) is 0 Å². The highest BCUT2D eigenvalue weighted by Crippen LogP contribution is 2.38. The maximum atomic E-state index is 14.8. The molecule has 0 bridgehead atoms. The van der Waals surface area contributed by atoms with Crippen LogP contribution in [0.3, 0.4) is 0 Å². The number of imidazole rings is 1. The molecule has 1 aliphatic heterocycles. The zero-order valence-corrected chi connectivity index (χ0v) is 16.9. The number of ether oxygens (including phenoxy) is 1. The Morgan fingerprint density at radius 1 is 1.34 bits per heavy atom. The molecular formula is C20H15BrFN5O2. The largest absolute Gasteiger partial charge is 0.491 e. The number of amides is 1. The van der Waals surface area contributed by atoms with Crippen molar-refractivity contribution in [1.82, 2.24) is 19.3 Å². The number of carbonyl (C=O) groups excluding carboxylic acids is 1. The number of aromatic nitrogens is 3. The van der Waals surface area contributed by atoms with Crippen molar-refractivity contribution in [3.05, 3.63) is 64.3 Å². The molecule has 0 spiro atoms. The summed E-state index contributed by atoms with van der Waals surface area (Å²) in [7, 11) is 1.64. The molecule has 0 saturated carbocycles. The number of anilines is 1. The van der Waals surface area contributed by atoms with E-state index in [1.54, 1.807) is 24.0 Å². The number of hydrogen-bond donors (Lipinski definition) is 1. The highest BCUT2D eigenvalue weighted by atomic mass is 79.9. The normalized spacial score (nSPS) is 15.5. The predicted molar refractivity (Wildman–Crippen MR) is 109 cm³/mol. The fourth-order valence-electron chi connectivity index (χ4n) is 3.68. The summed E-state index contributed by atoms with van der Waals surface area (Å²) >= 11 is 3.41. The van der Waals surface area contributed by atoms with Gasteiger partial charge in [-0.05, 0) is 18.2 Å². The smallest absolute Gasteiger partial charge is 0.257 e. The third kappa shape index (κ3) is 2.72. The molecule has 146 valence electrons. The van der Waals surface area contributed by atoms with Gasteiger partial charge in [0.15, 0.2) is 0 Å². The van der Waals surface area contributed by atoms with Crippen molar-refractivity contribution in [3.8, 4) is 5.75 Å². The molecule has 2 aromatic heterocycles. The number of rotatable bonds is 2. The second kappa shape index (κ2) is 6.41. The number of carbonyl (C=O) groups is 1. The zero-order valence-electron chi connectivity index (χ0n) is 15.3.